The summed E-state index contributed by atoms with van der Waals surface area (Å²) in [4.78, 5) is 12.1. The zero-order valence-corrected chi connectivity index (χ0v) is 18.4. The van der Waals surface area contributed by atoms with Crippen molar-refractivity contribution >= 4 is 51.1 Å². The molecule has 2 aromatic carbocycles. The van der Waals surface area contributed by atoms with Crippen LogP contribution >= 0.6 is 45.2 Å². The van der Waals surface area contributed by atoms with Crippen LogP contribution in [0.5, 0.6) is 5.75 Å². The Morgan fingerprint density at radius 1 is 1.08 bits per heavy atom. The van der Waals surface area contributed by atoms with Gasteiger partial charge in [0.15, 0.2) is 0 Å². The number of carbonyl (C=O) groups is 1. The Bertz CT molecular complexity index is 755. The van der Waals surface area contributed by atoms with Crippen LogP contribution in [0.3, 0.4) is 0 Å². The SMILES string of the molecule is CC1(C)NC(=O)[C@H](Cc2cc(I)c(OCc3ccccc3)c(I)c2)N1. The molecule has 1 amide bonds. The van der Waals surface area contributed by atoms with Crippen molar-refractivity contribution in [3.8, 4) is 5.75 Å². The number of benzene rings is 2. The Kier molecular flexibility index (Phi) is 5.89. The smallest absolute Gasteiger partial charge is 0.238 e. The number of hydrogen-bond acceptors (Lipinski definition) is 3. The third kappa shape index (κ3) is 4.85. The predicted molar refractivity (Wildman–Crippen MR) is 115 cm³/mol. The van der Waals surface area contributed by atoms with Crippen molar-refractivity contribution in [3.63, 3.8) is 0 Å². The molecule has 0 aliphatic carbocycles. The van der Waals surface area contributed by atoms with Gasteiger partial charge in [-0.15, -0.1) is 0 Å². The van der Waals surface area contributed by atoms with Gasteiger partial charge in [0.1, 0.15) is 12.4 Å². The van der Waals surface area contributed by atoms with Crippen LogP contribution in [-0.4, -0.2) is 17.6 Å². The number of hydrogen-bond donors (Lipinski definition) is 2. The molecule has 0 bridgehead atoms. The molecule has 0 saturated carbocycles. The fraction of sp³-hybridized carbons (Fsp3) is 0.316. The molecule has 1 aliphatic rings. The van der Waals surface area contributed by atoms with E-state index in [1.165, 1.54) is 0 Å². The van der Waals surface area contributed by atoms with Crippen LogP contribution in [0.25, 0.3) is 0 Å². The molecule has 3 rings (SSSR count). The van der Waals surface area contributed by atoms with Gasteiger partial charge in [0.05, 0.1) is 18.8 Å². The first-order valence-corrected chi connectivity index (χ1v) is 10.2. The average Bonchev–Trinajstić information content (AvgIpc) is 2.79. The zero-order chi connectivity index (χ0) is 18.0. The summed E-state index contributed by atoms with van der Waals surface area (Å²) in [5, 5.41) is 6.30. The van der Waals surface area contributed by atoms with Crippen LogP contribution in [0.4, 0.5) is 0 Å². The third-order valence-corrected chi connectivity index (χ3v) is 5.61. The lowest BCUT2D eigenvalue weighted by molar-refractivity contribution is -0.120. The minimum atomic E-state index is -0.346. The monoisotopic (exact) mass is 562 g/mol. The first-order valence-electron chi connectivity index (χ1n) is 8.08. The summed E-state index contributed by atoms with van der Waals surface area (Å²) < 4.78 is 8.15. The van der Waals surface area contributed by atoms with Gasteiger partial charge in [-0.3, -0.25) is 10.1 Å². The van der Waals surface area contributed by atoms with Crippen LogP contribution in [0.1, 0.15) is 25.0 Å². The number of halogens is 2. The normalized spacial score (nSPS) is 18.9. The van der Waals surface area contributed by atoms with Crippen molar-refractivity contribution < 1.29 is 9.53 Å². The molecule has 2 N–H and O–H groups in total. The Hall–Kier alpha value is -0.870. The zero-order valence-electron chi connectivity index (χ0n) is 14.1. The second-order valence-electron chi connectivity index (χ2n) is 6.68. The first-order chi connectivity index (χ1) is 11.8. The maximum absolute atomic E-state index is 12.1. The maximum atomic E-state index is 12.1. The van der Waals surface area contributed by atoms with Crippen LogP contribution in [0, 0.1) is 7.14 Å². The van der Waals surface area contributed by atoms with E-state index in [1.54, 1.807) is 0 Å². The van der Waals surface area contributed by atoms with Gasteiger partial charge in [0.25, 0.3) is 0 Å². The molecule has 4 nitrogen and oxygen atoms in total. The predicted octanol–water partition coefficient (Wildman–Crippen LogP) is 3.84. The van der Waals surface area contributed by atoms with Crippen LogP contribution in [0.15, 0.2) is 42.5 Å². The molecule has 1 aliphatic heterocycles. The summed E-state index contributed by atoms with van der Waals surface area (Å²) in [6.07, 6.45) is 0.667. The summed E-state index contributed by atoms with van der Waals surface area (Å²) in [7, 11) is 0. The lowest BCUT2D eigenvalue weighted by atomic mass is 10.1. The number of nitrogens with one attached hydrogen (secondary N) is 2. The van der Waals surface area contributed by atoms with E-state index < -0.39 is 0 Å². The quantitative estimate of drug-likeness (QED) is 0.545. The molecule has 132 valence electrons. The van der Waals surface area contributed by atoms with Gasteiger partial charge in [0.2, 0.25) is 5.91 Å². The van der Waals surface area contributed by atoms with Gasteiger partial charge < -0.3 is 10.1 Å². The van der Waals surface area contributed by atoms with Crippen molar-refractivity contribution in [1.82, 2.24) is 10.6 Å². The Balaban J connectivity index is 1.71. The van der Waals surface area contributed by atoms with E-state index in [0.717, 1.165) is 24.0 Å². The molecular weight excluding hydrogens is 542 g/mol. The summed E-state index contributed by atoms with van der Waals surface area (Å²) in [5.74, 6) is 0.956. The standard InChI is InChI=1S/C19H20I2N2O2/c1-19(2)22-16(18(24)23-19)10-13-8-14(20)17(15(21)9-13)25-11-12-6-4-3-5-7-12/h3-9,16,22H,10-11H2,1-2H3,(H,23,24)/t16-/m0/s1. The molecule has 1 saturated heterocycles. The molecule has 1 heterocycles. The largest absolute Gasteiger partial charge is 0.487 e. The molecular formula is C19H20I2N2O2. The summed E-state index contributed by atoms with van der Waals surface area (Å²) in [6, 6.07) is 14.1. The minimum Gasteiger partial charge on any atom is -0.487 e. The van der Waals surface area contributed by atoms with E-state index in [0.29, 0.717) is 13.0 Å². The van der Waals surface area contributed by atoms with Crippen LogP contribution < -0.4 is 15.4 Å². The van der Waals surface area contributed by atoms with E-state index in [1.807, 2.05) is 32.0 Å². The van der Waals surface area contributed by atoms with Gasteiger partial charge in [-0.2, -0.15) is 0 Å². The molecule has 0 unspecified atom stereocenters. The van der Waals surface area contributed by atoms with Gasteiger partial charge in [0, 0.05) is 0 Å². The summed E-state index contributed by atoms with van der Waals surface area (Å²) in [6.45, 7) is 4.49. The molecule has 0 radical (unpaired) electrons. The molecule has 0 spiro atoms. The number of carbonyl (C=O) groups excluding carboxylic acids is 1. The Morgan fingerprint density at radius 2 is 1.72 bits per heavy atom. The highest BCUT2D eigenvalue weighted by Crippen LogP contribution is 2.30. The highest BCUT2D eigenvalue weighted by Gasteiger charge is 2.36. The minimum absolute atomic E-state index is 0.0550. The van der Waals surface area contributed by atoms with Crippen molar-refractivity contribution in [1.29, 1.82) is 0 Å². The Labute approximate surface area is 175 Å². The fourth-order valence-electron chi connectivity index (χ4n) is 2.91. The molecule has 0 aromatic heterocycles. The van der Waals surface area contributed by atoms with Crippen LogP contribution in [0.2, 0.25) is 0 Å². The topological polar surface area (TPSA) is 50.4 Å². The molecule has 1 atom stereocenters. The van der Waals surface area contributed by atoms with Crippen molar-refractivity contribution in [2.45, 2.75) is 38.6 Å². The van der Waals surface area contributed by atoms with E-state index in [9.17, 15) is 4.79 Å². The lowest BCUT2D eigenvalue weighted by Gasteiger charge is -2.19. The second-order valence-corrected chi connectivity index (χ2v) is 9.00. The second kappa shape index (κ2) is 7.79. The lowest BCUT2D eigenvalue weighted by Crippen LogP contribution is -2.44. The summed E-state index contributed by atoms with van der Waals surface area (Å²) >= 11 is 4.60. The van der Waals surface area contributed by atoms with E-state index in [2.05, 4.69) is 80.1 Å². The van der Waals surface area contributed by atoms with E-state index >= 15 is 0 Å². The third-order valence-electron chi connectivity index (χ3n) is 4.01. The fourth-order valence-corrected chi connectivity index (χ4v) is 5.12. The molecule has 1 fully saturated rings. The Morgan fingerprint density at radius 3 is 2.28 bits per heavy atom. The van der Waals surface area contributed by atoms with Gasteiger partial charge in [-0.05, 0) is 88.7 Å². The highest BCUT2D eigenvalue weighted by molar-refractivity contribution is 14.1. The summed E-state index contributed by atoms with van der Waals surface area (Å²) in [5.41, 5.74) is 1.93. The molecule has 25 heavy (non-hydrogen) atoms. The van der Waals surface area contributed by atoms with Gasteiger partial charge in [-0.25, -0.2) is 0 Å². The van der Waals surface area contributed by atoms with Gasteiger partial charge in [-0.1, -0.05) is 30.3 Å². The van der Waals surface area contributed by atoms with Gasteiger partial charge >= 0.3 is 0 Å². The number of ether oxygens (including phenoxy) is 1. The molecule has 6 heteroatoms. The van der Waals surface area contributed by atoms with Crippen molar-refractivity contribution in [2.75, 3.05) is 0 Å². The number of rotatable bonds is 5. The van der Waals surface area contributed by atoms with E-state index in [-0.39, 0.29) is 17.6 Å². The van der Waals surface area contributed by atoms with Crippen molar-refractivity contribution in [3.05, 3.63) is 60.7 Å². The van der Waals surface area contributed by atoms with E-state index in [4.69, 9.17) is 4.74 Å². The van der Waals surface area contributed by atoms with Crippen molar-refractivity contribution in [2.24, 2.45) is 0 Å². The maximum Gasteiger partial charge on any atom is 0.238 e. The highest BCUT2D eigenvalue weighted by atomic mass is 127. The average molecular weight is 562 g/mol. The molecule has 2 aromatic rings. The first kappa shape index (κ1) is 18.9. The van der Waals surface area contributed by atoms with Crippen LogP contribution in [-0.2, 0) is 17.8 Å². The number of amides is 1.